The lowest BCUT2D eigenvalue weighted by Gasteiger charge is -2.13. The van der Waals surface area contributed by atoms with Gasteiger partial charge in [-0.25, -0.2) is 9.97 Å². The van der Waals surface area contributed by atoms with Crippen LogP contribution in [0.5, 0.6) is 11.5 Å². The summed E-state index contributed by atoms with van der Waals surface area (Å²) < 4.78 is 10.7. The van der Waals surface area contributed by atoms with Crippen molar-refractivity contribution in [3.63, 3.8) is 0 Å². The molecule has 6 heteroatoms. The molecule has 1 aromatic heterocycles. The van der Waals surface area contributed by atoms with Crippen LogP contribution in [0.15, 0.2) is 36.7 Å². The standard InChI is InChI=1S/C17H16ClN3O2/c1-10-6-11(18)4-5-13(10)21-17-12-7-15(22-2)16(23-3)8-14(12)19-9-20-17/h4-9H,1-3H3,(H,19,20,21). The van der Waals surface area contributed by atoms with Gasteiger partial charge >= 0.3 is 0 Å². The zero-order valence-electron chi connectivity index (χ0n) is 13.1. The first-order valence-corrected chi connectivity index (χ1v) is 7.40. The topological polar surface area (TPSA) is 56.3 Å². The van der Waals surface area contributed by atoms with Crippen LogP contribution in [-0.4, -0.2) is 24.2 Å². The Labute approximate surface area is 139 Å². The number of benzene rings is 2. The van der Waals surface area contributed by atoms with Crippen LogP contribution in [0.25, 0.3) is 10.9 Å². The molecule has 1 heterocycles. The van der Waals surface area contributed by atoms with Crippen LogP contribution in [0.3, 0.4) is 0 Å². The molecule has 118 valence electrons. The van der Waals surface area contributed by atoms with Gasteiger partial charge in [0.25, 0.3) is 0 Å². The van der Waals surface area contributed by atoms with Crippen molar-refractivity contribution in [3.8, 4) is 11.5 Å². The molecule has 0 atom stereocenters. The SMILES string of the molecule is COc1cc2ncnc(Nc3ccc(Cl)cc3C)c2cc1OC. The van der Waals surface area contributed by atoms with E-state index in [1.165, 1.54) is 6.33 Å². The largest absolute Gasteiger partial charge is 0.493 e. The van der Waals surface area contributed by atoms with Gasteiger partial charge in [0.05, 0.1) is 19.7 Å². The predicted octanol–water partition coefficient (Wildman–Crippen LogP) is 4.35. The first-order chi connectivity index (χ1) is 11.1. The molecule has 0 aliphatic heterocycles. The van der Waals surface area contributed by atoms with Gasteiger partial charge in [-0.15, -0.1) is 0 Å². The number of hydrogen-bond donors (Lipinski definition) is 1. The van der Waals surface area contributed by atoms with Gasteiger partial charge in [-0.1, -0.05) is 11.6 Å². The Morgan fingerprint density at radius 1 is 1.00 bits per heavy atom. The summed E-state index contributed by atoms with van der Waals surface area (Å²) in [6, 6.07) is 9.35. The van der Waals surface area contributed by atoms with Crippen LogP contribution in [0, 0.1) is 6.92 Å². The van der Waals surface area contributed by atoms with Gasteiger partial charge in [0, 0.05) is 22.2 Å². The van der Waals surface area contributed by atoms with Gasteiger partial charge in [-0.2, -0.15) is 0 Å². The monoisotopic (exact) mass is 329 g/mol. The molecule has 1 N–H and O–H groups in total. The Balaban J connectivity index is 2.10. The molecule has 0 saturated heterocycles. The molecular weight excluding hydrogens is 314 g/mol. The highest BCUT2D eigenvalue weighted by Crippen LogP contribution is 2.34. The number of hydrogen-bond acceptors (Lipinski definition) is 5. The van der Waals surface area contributed by atoms with Crippen molar-refractivity contribution in [2.45, 2.75) is 6.92 Å². The van der Waals surface area contributed by atoms with Crippen LogP contribution in [0.1, 0.15) is 5.56 Å². The fraction of sp³-hybridized carbons (Fsp3) is 0.176. The van der Waals surface area contributed by atoms with E-state index in [1.54, 1.807) is 14.2 Å². The molecule has 23 heavy (non-hydrogen) atoms. The first-order valence-electron chi connectivity index (χ1n) is 7.02. The number of nitrogens with one attached hydrogen (secondary N) is 1. The van der Waals surface area contributed by atoms with Gasteiger partial charge in [-0.05, 0) is 36.8 Å². The Hall–Kier alpha value is -2.53. The molecule has 0 saturated carbocycles. The van der Waals surface area contributed by atoms with Crippen molar-refractivity contribution in [1.82, 2.24) is 9.97 Å². The fourth-order valence-corrected chi connectivity index (χ4v) is 2.60. The van der Waals surface area contributed by atoms with Crippen molar-refractivity contribution in [2.24, 2.45) is 0 Å². The van der Waals surface area contributed by atoms with Crippen molar-refractivity contribution in [2.75, 3.05) is 19.5 Å². The van der Waals surface area contributed by atoms with Gasteiger partial charge in [0.1, 0.15) is 12.1 Å². The summed E-state index contributed by atoms with van der Waals surface area (Å²) >= 11 is 6.00. The lowest BCUT2D eigenvalue weighted by Crippen LogP contribution is -1.99. The molecule has 2 aromatic carbocycles. The molecule has 0 unspecified atom stereocenters. The van der Waals surface area contributed by atoms with Crippen molar-refractivity contribution >= 4 is 34.0 Å². The molecule has 3 rings (SSSR count). The Bertz CT molecular complexity index is 868. The quantitative estimate of drug-likeness (QED) is 0.771. The number of methoxy groups -OCH3 is 2. The average molecular weight is 330 g/mol. The second-order valence-corrected chi connectivity index (χ2v) is 5.47. The lowest BCUT2D eigenvalue weighted by molar-refractivity contribution is 0.356. The maximum absolute atomic E-state index is 6.00. The summed E-state index contributed by atoms with van der Waals surface area (Å²) in [7, 11) is 3.20. The smallest absolute Gasteiger partial charge is 0.162 e. The highest BCUT2D eigenvalue weighted by molar-refractivity contribution is 6.30. The molecule has 0 amide bonds. The van der Waals surface area contributed by atoms with Crippen LogP contribution >= 0.6 is 11.6 Å². The third-order valence-electron chi connectivity index (χ3n) is 3.58. The first kappa shape index (κ1) is 15.4. The highest BCUT2D eigenvalue weighted by atomic mass is 35.5. The van der Waals surface area contributed by atoms with E-state index >= 15 is 0 Å². The van der Waals surface area contributed by atoms with Crippen molar-refractivity contribution in [3.05, 3.63) is 47.2 Å². The summed E-state index contributed by atoms with van der Waals surface area (Å²) in [6.07, 6.45) is 1.52. The zero-order chi connectivity index (χ0) is 16.4. The third-order valence-corrected chi connectivity index (χ3v) is 3.82. The van der Waals surface area contributed by atoms with Gasteiger partial charge in [0.15, 0.2) is 11.5 Å². The molecule has 0 aliphatic rings. The van der Waals surface area contributed by atoms with E-state index in [2.05, 4.69) is 15.3 Å². The van der Waals surface area contributed by atoms with E-state index in [1.807, 2.05) is 37.3 Å². The van der Waals surface area contributed by atoms with E-state index in [0.717, 1.165) is 22.2 Å². The van der Waals surface area contributed by atoms with Crippen molar-refractivity contribution in [1.29, 1.82) is 0 Å². The summed E-state index contributed by atoms with van der Waals surface area (Å²) in [5.74, 6) is 1.96. The van der Waals surface area contributed by atoms with E-state index < -0.39 is 0 Å². The van der Waals surface area contributed by atoms with Gasteiger partial charge in [0.2, 0.25) is 0 Å². The number of rotatable bonds is 4. The molecule has 5 nitrogen and oxygen atoms in total. The minimum Gasteiger partial charge on any atom is -0.493 e. The molecule has 0 fully saturated rings. The molecule has 0 aliphatic carbocycles. The second-order valence-electron chi connectivity index (χ2n) is 5.03. The maximum atomic E-state index is 6.00. The van der Waals surface area contributed by atoms with Gasteiger partial charge < -0.3 is 14.8 Å². The van der Waals surface area contributed by atoms with Crippen LogP contribution in [0.2, 0.25) is 5.02 Å². The Morgan fingerprint density at radius 2 is 1.74 bits per heavy atom. The van der Waals surface area contributed by atoms with Crippen LogP contribution < -0.4 is 14.8 Å². The summed E-state index contributed by atoms with van der Waals surface area (Å²) in [4.78, 5) is 8.64. The van der Waals surface area contributed by atoms with Crippen LogP contribution in [0.4, 0.5) is 11.5 Å². The average Bonchev–Trinajstić information content (AvgIpc) is 2.56. The van der Waals surface area contributed by atoms with E-state index in [4.69, 9.17) is 21.1 Å². The second kappa shape index (κ2) is 6.30. The third kappa shape index (κ3) is 3.00. The maximum Gasteiger partial charge on any atom is 0.162 e. The Morgan fingerprint density at radius 3 is 2.43 bits per heavy atom. The zero-order valence-corrected chi connectivity index (χ0v) is 13.8. The number of anilines is 2. The molecular formula is C17H16ClN3O2. The number of fused-ring (bicyclic) bond motifs is 1. The number of aromatic nitrogens is 2. The van der Waals surface area contributed by atoms with E-state index in [0.29, 0.717) is 22.3 Å². The van der Waals surface area contributed by atoms with E-state index in [-0.39, 0.29) is 0 Å². The van der Waals surface area contributed by atoms with Crippen LogP contribution in [-0.2, 0) is 0 Å². The minimum absolute atomic E-state index is 0.630. The molecule has 0 radical (unpaired) electrons. The summed E-state index contributed by atoms with van der Waals surface area (Å²) in [6.45, 7) is 1.99. The predicted molar refractivity (Wildman–Crippen MR) is 92.1 cm³/mol. The number of ether oxygens (including phenoxy) is 2. The molecule has 3 aromatic rings. The Kier molecular flexibility index (Phi) is 4.21. The molecule has 0 bridgehead atoms. The molecule has 0 spiro atoms. The number of halogens is 1. The van der Waals surface area contributed by atoms with Crippen molar-refractivity contribution < 1.29 is 9.47 Å². The van der Waals surface area contributed by atoms with E-state index in [9.17, 15) is 0 Å². The fourth-order valence-electron chi connectivity index (χ4n) is 2.38. The normalized spacial score (nSPS) is 10.6. The highest BCUT2D eigenvalue weighted by Gasteiger charge is 2.11. The summed E-state index contributed by atoms with van der Waals surface area (Å²) in [5.41, 5.74) is 2.74. The minimum atomic E-state index is 0.630. The number of aryl methyl sites for hydroxylation is 1. The van der Waals surface area contributed by atoms with Gasteiger partial charge in [-0.3, -0.25) is 0 Å². The lowest BCUT2D eigenvalue weighted by atomic mass is 10.1. The summed E-state index contributed by atoms with van der Waals surface area (Å²) in [5, 5.41) is 4.87. The number of nitrogens with zero attached hydrogens (tertiary/aromatic N) is 2.